The van der Waals surface area contributed by atoms with Gasteiger partial charge in [-0.2, -0.15) is 0 Å². The van der Waals surface area contributed by atoms with Gasteiger partial charge in [0, 0.05) is 56.5 Å². The van der Waals surface area contributed by atoms with Crippen LogP contribution in [0.1, 0.15) is 18.6 Å². The van der Waals surface area contributed by atoms with E-state index < -0.39 is 6.10 Å². The Balaban J connectivity index is 1.86. The van der Waals surface area contributed by atoms with Gasteiger partial charge in [0.2, 0.25) is 0 Å². The Morgan fingerprint density at radius 2 is 2.14 bits per heavy atom. The molecule has 0 radical (unpaired) electrons. The third-order valence-corrected chi connectivity index (χ3v) is 4.47. The second-order valence-electron chi connectivity index (χ2n) is 5.67. The smallest absolute Gasteiger partial charge is 0.0931 e. The predicted octanol–water partition coefficient (Wildman–Crippen LogP) is 2.03. The molecule has 2 rings (SSSR count). The fraction of sp³-hybridized carbons (Fsp3) is 0.625. The van der Waals surface area contributed by atoms with Gasteiger partial charge in [0.25, 0.3) is 0 Å². The molecule has 1 heterocycles. The Bertz CT molecular complexity index is 444. The average Bonchev–Trinajstić information content (AvgIpc) is 2.47. The zero-order chi connectivity index (χ0) is 15.2. The largest absolute Gasteiger partial charge is 0.387 e. The summed E-state index contributed by atoms with van der Waals surface area (Å²) in [4.78, 5) is 4.74. The van der Waals surface area contributed by atoms with E-state index >= 15 is 0 Å². The Hall–Kier alpha value is -0.650. The van der Waals surface area contributed by atoms with Crippen molar-refractivity contribution in [1.29, 1.82) is 0 Å². The summed E-state index contributed by atoms with van der Waals surface area (Å²) in [5.41, 5.74) is 0.814. The van der Waals surface area contributed by atoms with Gasteiger partial charge in [0.15, 0.2) is 0 Å². The van der Waals surface area contributed by atoms with Crippen molar-refractivity contribution in [3.63, 3.8) is 0 Å². The number of ether oxygens (including phenoxy) is 1. The Morgan fingerprint density at radius 1 is 1.38 bits per heavy atom. The van der Waals surface area contributed by atoms with Gasteiger partial charge in [-0.05, 0) is 13.0 Å². The van der Waals surface area contributed by atoms with Gasteiger partial charge in [0.1, 0.15) is 0 Å². The van der Waals surface area contributed by atoms with Crippen LogP contribution in [-0.4, -0.2) is 67.4 Å². The number of benzene rings is 1. The highest BCUT2D eigenvalue weighted by Crippen LogP contribution is 2.24. The highest BCUT2D eigenvalue weighted by Gasteiger charge is 2.25. The number of methoxy groups -OCH3 is 1. The normalized spacial score (nSPS) is 22.4. The van der Waals surface area contributed by atoms with E-state index in [0.29, 0.717) is 17.6 Å². The zero-order valence-electron chi connectivity index (χ0n) is 12.8. The summed E-state index contributed by atoms with van der Waals surface area (Å²) >= 11 is 6.15. The van der Waals surface area contributed by atoms with E-state index in [4.69, 9.17) is 16.3 Å². The lowest BCUT2D eigenvalue weighted by atomic mass is 10.1. The van der Waals surface area contributed by atoms with Crippen molar-refractivity contribution in [2.45, 2.75) is 19.1 Å². The van der Waals surface area contributed by atoms with E-state index in [9.17, 15) is 5.11 Å². The molecule has 0 bridgehead atoms. The van der Waals surface area contributed by atoms with Crippen molar-refractivity contribution in [1.82, 2.24) is 9.80 Å². The molecule has 0 saturated carbocycles. The minimum atomic E-state index is -0.531. The lowest BCUT2D eigenvalue weighted by Crippen LogP contribution is -2.53. The van der Waals surface area contributed by atoms with Gasteiger partial charge >= 0.3 is 0 Å². The van der Waals surface area contributed by atoms with E-state index in [0.717, 1.165) is 38.3 Å². The highest BCUT2D eigenvalue weighted by molar-refractivity contribution is 6.31. The molecule has 0 aromatic heterocycles. The number of piperazine rings is 1. The molecule has 1 aromatic rings. The molecule has 1 fully saturated rings. The van der Waals surface area contributed by atoms with Crippen LogP contribution in [0.2, 0.25) is 5.02 Å². The zero-order valence-corrected chi connectivity index (χ0v) is 13.6. The summed E-state index contributed by atoms with van der Waals surface area (Å²) in [5.74, 6) is 0. The number of nitrogens with zero attached hydrogens (tertiary/aromatic N) is 2. The van der Waals surface area contributed by atoms with E-state index in [2.05, 4.69) is 16.7 Å². The predicted molar refractivity (Wildman–Crippen MR) is 85.8 cm³/mol. The number of β-amino-alcohol motifs (C(OH)–C–C–N with tert-alkyl or cyclic N) is 1. The molecule has 21 heavy (non-hydrogen) atoms. The summed E-state index contributed by atoms with van der Waals surface area (Å²) in [7, 11) is 1.74. The second-order valence-corrected chi connectivity index (χ2v) is 6.08. The molecule has 1 N–H and O–H groups in total. The minimum absolute atomic E-state index is 0.479. The van der Waals surface area contributed by atoms with Gasteiger partial charge in [-0.25, -0.2) is 0 Å². The third-order valence-electron chi connectivity index (χ3n) is 4.13. The molecule has 0 amide bonds. The van der Waals surface area contributed by atoms with Crippen molar-refractivity contribution in [3.05, 3.63) is 34.9 Å². The first-order valence-corrected chi connectivity index (χ1v) is 7.87. The molecule has 0 spiro atoms. The van der Waals surface area contributed by atoms with Crippen molar-refractivity contribution in [2.75, 3.05) is 46.4 Å². The SMILES string of the molecule is COCCN1CCN(C[C@H](O)c2ccccc2Cl)C[C@@H]1C. The van der Waals surface area contributed by atoms with Gasteiger partial charge in [0.05, 0.1) is 12.7 Å². The van der Waals surface area contributed by atoms with E-state index in [1.807, 2.05) is 24.3 Å². The van der Waals surface area contributed by atoms with Crippen LogP contribution in [0.3, 0.4) is 0 Å². The molecule has 2 atom stereocenters. The summed E-state index contributed by atoms with van der Waals surface area (Å²) < 4.78 is 5.15. The first-order chi connectivity index (χ1) is 10.1. The number of hydrogen-bond donors (Lipinski definition) is 1. The number of halogens is 1. The Kier molecular flexibility index (Phi) is 6.45. The summed E-state index contributed by atoms with van der Waals surface area (Å²) in [5, 5.41) is 11.0. The standard InChI is InChI=1S/C16H25ClN2O2/c1-13-11-18(7-8-19(13)9-10-21-2)12-16(20)14-5-3-4-6-15(14)17/h3-6,13,16,20H,7-12H2,1-2H3/t13-,16-/m0/s1. The monoisotopic (exact) mass is 312 g/mol. The average molecular weight is 313 g/mol. The molecule has 1 aromatic carbocycles. The first kappa shape index (κ1) is 16.7. The van der Waals surface area contributed by atoms with Crippen molar-refractivity contribution in [3.8, 4) is 0 Å². The maximum Gasteiger partial charge on any atom is 0.0931 e. The number of aliphatic hydroxyl groups excluding tert-OH is 1. The number of rotatable bonds is 6. The molecule has 5 heteroatoms. The van der Waals surface area contributed by atoms with Crippen LogP contribution >= 0.6 is 11.6 Å². The van der Waals surface area contributed by atoms with Gasteiger partial charge in [-0.1, -0.05) is 29.8 Å². The Morgan fingerprint density at radius 3 is 2.81 bits per heavy atom. The van der Waals surface area contributed by atoms with Gasteiger partial charge in [-0.15, -0.1) is 0 Å². The molecule has 0 unspecified atom stereocenters. The fourth-order valence-corrected chi connectivity index (χ4v) is 3.13. The number of hydrogen-bond acceptors (Lipinski definition) is 4. The molecule has 1 aliphatic rings. The van der Waals surface area contributed by atoms with Crippen LogP contribution in [0.25, 0.3) is 0 Å². The third kappa shape index (κ3) is 4.66. The van der Waals surface area contributed by atoms with Crippen LogP contribution in [0.15, 0.2) is 24.3 Å². The number of aliphatic hydroxyl groups is 1. The molecule has 118 valence electrons. The fourth-order valence-electron chi connectivity index (χ4n) is 2.87. The van der Waals surface area contributed by atoms with E-state index in [1.54, 1.807) is 7.11 Å². The molecule has 1 aliphatic heterocycles. The highest BCUT2D eigenvalue weighted by atomic mass is 35.5. The molecular formula is C16H25ClN2O2. The van der Waals surface area contributed by atoms with Crippen LogP contribution in [0.5, 0.6) is 0 Å². The minimum Gasteiger partial charge on any atom is -0.387 e. The quantitative estimate of drug-likeness (QED) is 0.872. The Labute approximate surface area is 132 Å². The molecule has 4 nitrogen and oxygen atoms in total. The van der Waals surface area contributed by atoms with Crippen LogP contribution in [0.4, 0.5) is 0 Å². The van der Waals surface area contributed by atoms with Crippen LogP contribution < -0.4 is 0 Å². The second kappa shape index (κ2) is 8.11. The van der Waals surface area contributed by atoms with E-state index in [-0.39, 0.29) is 0 Å². The summed E-state index contributed by atoms with van der Waals surface area (Å²) in [6.07, 6.45) is -0.531. The lowest BCUT2D eigenvalue weighted by molar-refractivity contribution is 0.0331. The maximum atomic E-state index is 10.4. The van der Waals surface area contributed by atoms with Crippen molar-refractivity contribution in [2.24, 2.45) is 0 Å². The van der Waals surface area contributed by atoms with Gasteiger partial charge < -0.3 is 9.84 Å². The van der Waals surface area contributed by atoms with Gasteiger partial charge in [-0.3, -0.25) is 9.80 Å². The molecule has 0 aliphatic carbocycles. The summed E-state index contributed by atoms with van der Waals surface area (Å²) in [6, 6.07) is 7.99. The van der Waals surface area contributed by atoms with Crippen LogP contribution in [0, 0.1) is 0 Å². The lowest BCUT2D eigenvalue weighted by Gasteiger charge is -2.40. The van der Waals surface area contributed by atoms with Crippen LogP contribution in [-0.2, 0) is 4.74 Å². The molecule has 1 saturated heterocycles. The summed E-state index contributed by atoms with van der Waals surface area (Å²) in [6.45, 7) is 7.54. The van der Waals surface area contributed by atoms with E-state index in [1.165, 1.54) is 0 Å². The topological polar surface area (TPSA) is 35.9 Å². The van der Waals surface area contributed by atoms with Crippen molar-refractivity contribution < 1.29 is 9.84 Å². The first-order valence-electron chi connectivity index (χ1n) is 7.49. The maximum absolute atomic E-state index is 10.4. The molecular weight excluding hydrogens is 288 g/mol. The van der Waals surface area contributed by atoms with Crippen molar-refractivity contribution >= 4 is 11.6 Å².